The SMILES string of the molecule is C=CC[Si](C)(C)/C=C(/F)C1CCCO1. The highest BCUT2D eigenvalue weighted by Crippen LogP contribution is 2.24. The second-order valence-electron chi connectivity index (χ2n) is 4.51. The van der Waals surface area contributed by atoms with Crippen LogP contribution >= 0.6 is 0 Å². The van der Waals surface area contributed by atoms with Gasteiger partial charge in [0, 0.05) is 6.61 Å². The molecule has 1 saturated heterocycles. The lowest BCUT2D eigenvalue weighted by molar-refractivity contribution is 0.119. The lowest BCUT2D eigenvalue weighted by Gasteiger charge is -2.17. The zero-order valence-corrected chi connectivity index (χ0v) is 10.1. The van der Waals surface area contributed by atoms with Gasteiger partial charge in [-0.25, -0.2) is 4.39 Å². The lowest BCUT2D eigenvalue weighted by Crippen LogP contribution is -2.23. The van der Waals surface area contributed by atoms with E-state index in [9.17, 15) is 4.39 Å². The van der Waals surface area contributed by atoms with Crippen LogP contribution in [0.5, 0.6) is 0 Å². The van der Waals surface area contributed by atoms with Gasteiger partial charge in [-0.3, -0.25) is 0 Å². The first-order valence-electron chi connectivity index (χ1n) is 5.16. The van der Waals surface area contributed by atoms with E-state index < -0.39 is 8.07 Å². The summed E-state index contributed by atoms with van der Waals surface area (Å²) in [6, 6.07) is 0.924. The number of allylic oxidation sites excluding steroid dienone is 1. The topological polar surface area (TPSA) is 9.23 Å². The minimum atomic E-state index is -1.57. The van der Waals surface area contributed by atoms with Gasteiger partial charge < -0.3 is 4.74 Å². The summed E-state index contributed by atoms with van der Waals surface area (Å²) in [5.74, 6) is -0.0546. The molecular weight excluding hydrogens is 195 g/mol. The molecule has 0 radical (unpaired) electrons. The molecule has 1 nitrogen and oxygen atoms in total. The summed E-state index contributed by atoms with van der Waals surface area (Å²) in [5.41, 5.74) is 1.81. The summed E-state index contributed by atoms with van der Waals surface area (Å²) in [7, 11) is -1.57. The van der Waals surface area contributed by atoms with Crippen molar-refractivity contribution in [3.05, 3.63) is 24.2 Å². The van der Waals surface area contributed by atoms with Crippen LogP contribution in [0.3, 0.4) is 0 Å². The van der Waals surface area contributed by atoms with E-state index in [-0.39, 0.29) is 11.9 Å². The molecule has 0 N–H and O–H groups in total. The minimum Gasteiger partial charge on any atom is -0.371 e. The monoisotopic (exact) mass is 214 g/mol. The highest BCUT2D eigenvalue weighted by molar-refractivity contribution is 6.82. The molecule has 0 bridgehead atoms. The molecule has 0 amide bonds. The van der Waals surface area contributed by atoms with Crippen LogP contribution in [0.25, 0.3) is 0 Å². The van der Waals surface area contributed by atoms with Gasteiger partial charge >= 0.3 is 0 Å². The van der Waals surface area contributed by atoms with Gasteiger partial charge in [0.25, 0.3) is 0 Å². The number of hydrogen-bond acceptors (Lipinski definition) is 1. The van der Waals surface area contributed by atoms with Crippen molar-refractivity contribution in [2.45, 2.75) is 38.1 Å². The molecular formula is C11H19FOSi. The molecule has 3 heteroatoms. The van der Waals surface area contributed by atoms with E-state index in [0.717, 1.165) is 18.9 Å². The molecule has 0 aromatic rings. The average Bonchev–Trinajstić information content (AvgIpc) is 2.53. The first-order chi connectivity index (χ1) is 6.55. The van der Waals surface area contributed by atoms with Gasteiger partial charge in [-0.15, -0.1) is 6.58 Å². The normalized spacial score (nSPS) is 23.9. The van der Waals surface area contributed by atoms with Gasteiger partial charge in [0.15, 0.2) is 0 Å². The van der Waals surface area contributed by atoms with E-state index in [0.29, 0.717) is 6.61 Å². The van der Waals surface area contributed by atoms with E-state index >= 15 is 0 Å². The molecule has 1 rings (SSSR count). The molecule has 80 valence electrons. The van der Waals surface area contributed by atoms with E-state index in [1.54, 1.807) is 0 Å². The Bertz CT molecular complexity index is 229. The second kappa shape index (κ2) is 4.89. The number of hydrogen-bond donors (Lipinski definition) is 0. The fraction of sp³-hybridized carbons (Fsp3) is 0.636. The van der Waals surface area contributed by atoms with Gasteiger partial charge in [-0.2, -0.15) is 0 Å². The average molecular weight is 214 g/mol. The maximum absolute atomic E-state index is 13.7. The quantitative estimate of drug-likeness (QED) is 0.514. The molecule has 1 aliphatic heterocycles. The van der Waals surface area contributed by atoms with Crippen molar-refractivity contribution < 1.29 is 9.13 Å². The van der Waals surface area contributed by atoms with Crippen molar-refractivity contribution in [1.29, 1.82) is 0 Å². The van der Waals surface area contributed by atoms with E-state index in [2.05, 4.69) is 19.7 Å². The van der Waals surface area contributed by atoms with Crippen LogP contribution in [0.4, 0.5) is 4.39 Å². The molecule has 1 heterocycles. The Morgan fingerprint density at radius 2 is 2.36 bits per heavy atom. The second-order valence-corrected chi connectivity index (χ2v) is 9.19. The predicted molar refractivity (Wildman–Crippen MR) is 60.7 cm³/mol. The lowest BCUT2D eigenvalue weighted by atomic mass is 10.2. The molecule has 0 saturated carbocycles. The molecule has 1 unspecified atom stereocenters. The fourth-order valence-electron chi connectivity index (χ4n) is 1.69. The Morgan fingerprint density at radius 3 is 2.86 bits per heavy atom. The largest absolute Gasteiger partial charge is 0.371 e. The predicted octanol–water partition coefficient (Wildman–Crippen LogP) is 3.45. The molecule has 14 heavy (non-hydrogen) atoms. The van der Waals surface area contributed by atoms with Crippen molar-refractivity contribution in [3.8, 4) is 0 Å². The molecule has 1 atom stereocenters. The molecule has 1 aliphatic rings. The summed E-state index contributed by atoms with van der Waals surface area (Å²) in [6.07, 6.45) is 3.44. The van der Waals surface area contributed by atoms with E-state index in [1.807, 2.05) is 11.8 Å². The third-order valence-corrected chi connectivity index (χ3v) is 4.83. The maximum atomic E-state index is 13.7. The van der Waals surface area contributed by atoms with Crippen LogP contribution in [0.1, 0.15) is 12.8 Å². The van der Waals surface area contributed by atoms with E-state index in [1.165, 1.54) is 0 Å². The van der Waals surface area contributed by atoms with Crippen LogP contribution in [0.2, 0.25) is 19.1 Å². The third-order valence-electron chi connectivity index (χ3n) is 2.44. The highest BCUT2D eigenvalue weighted by atomic mass is 28.3. The Kier molecular flexibility index (Phi) is 4.07. The number of rotatable bonds is 4. The summed E-state index contributed by atoms with van der Waals surface area (Å²) in [5, 5.41) is 0. The third kappa shape index (κ3) is 3.39. The first kappa shape index (κ1) is 11.7. The molecule has 0 aromatic heterocycles. The minimum absolute atomic E-state index is 0.0546. The smallest absolute Gasteiger partial charge is 0.121 e. The molecule has 0 spiro atoms. The zero-order valence-electron chi connectivity index (χ0n) is 9.05. The van der Waals surface area contributed by atoms with Crippen LogP contribution in [-0.2, 0) is 4.74 Å². The van der Waals surface area contributed by atoms with Crippen LogP contribution in [-0.4, -0.2) is 20.8 Å². The van der Waals surface area contributed by atoms with Crippen molar-refractivity contribution in [2.75, 3.05) is 6.61 Å². The van der Waals surface area contributed by atoms with Crippen molar-refractivity contribution in [3.63, 3.8) is 0 Å². The van der Waals surface area contributed by atoms with Crippen LogP contribution < -0.4 is 0 Å². The molecule has 1 fully saturated rings. The Labute approximate surface area is 86.7 Å². The Balaban J connectivity index is 2.60. The van der Waals surface area contributed by atoms with Gasteiger partial charge in [-0.1, -0.05) is 24.9 Å². The fourth-order valence-corrected chi connectivity index (χ4v) is 3.49. The van der Waals surface area contributed by atoms with Gasteiger partial charge in [-0.05, 0) is 18.9 Å². The summed E-state index contributed by atoms with van der Waals surface area (Å²) < 4.78 is 19.0. The summed E-state index contributed by atoms with van der Waals surface area (Å²) in [6.45, 7) is 8.69. The first-order valence-corrected chi connectivity index (χ1v) is 8.44. The maximum Gasteiger partial charge on any atom is 0.121 e. The summed E-state index contributed by atoms with van der Waals surface area (Å²) >= 11 is 0. The summed E-state index contributed by atoms with van der Waals surface area (Å²) in [4.78, 5) is 0. The zero-order chi connectivity index (χ0) is 10.6. The van der Waals surface area contributed by atoms with Gasteiger partial charge in [0.2, 0.25) is 0 Å². The van der Waals surface area contributed by atoms with Gasteiger partial charge in [0.05, 0.1) is 8.07 Å². The van der Waals surface area contributed by atoms with E-state index in [4.69, 9.17) is 4.74 Å². The highest BCUT2D eigenvalue weighted by Gasteiger charge is 2.24. The van der Waals surface area contributed by atoms with Crippen molar-refractivity contribution in [2.24, 2.45) is 0 Å². The van der Waals surface area contributed by atoms with Crippen LogP contribution in [0, 0.1) is 0 Å². The Hall–Kier alpha value is -0.413. The van der Waals surface area contributed by atoms with Gasteiger partial charge in [0.1, 0.15) is 11.9 Å². The van der Waals surface area contributed by atoms with Crippen molar-refractivity contribution >= 4 is 8.07 Å². The van der Waals surface area contributed by atoms with Crippen molar-refractivity contribution in [1.82, 2.24) is 0 Å². The molecule has 0 aromatic carbocycles. The van der Waals surface area contributed by atoms with Crippen LogP contribution in [0.15, 0.2) is 24.2 Å². The Morgan fingerprint density at radius 1 is 1.64 bits per heavy atom. The number of ether oxygens (including phenoxy) is 1. The number of halogens is 1. The molecule has 0 aliphatic carbocycles. The standard InChI is InChI=1S/C11H19FOSi/c1-4-8-14(2,3)9-10(12)11-6-5-7-13-11/h4,9,11H,1,5-8H2,2-3H3/b10-9+.